The van der Waals surface area contributed by atoms with Crippen molar-refractivity contribution in [3.63, 3.8) is 0 Å². The summed E-state index contributed by atoms with van der Waals surface area (Å²) < 4.78 is 66.6. The van der Waals surface area contributed by atoms with E-state index < -0.39 is 24.1 Å². The first-order valence-corrected chi connectivity index (χ1v) is 6.09. The van der Waals surface area contributed by atoms with Gasteiger partial charge in [0, 0.05) is 16.7 Å². The second-order valence-electron chi connectivity index (χ2n) is 4.05. The predicted molar refractivity (Wildman–Crippen MR) is 68.5 cm³/mol. The average Bonchev–Trinajstić information content (AvgIpc) is 2.38. The lowest BCUT2D eigenvalue weighted by atomic mass is 10.0. The molecule has 0 atom stereocenters. The smallest absolute Gasteiger partial charge is 0.405 e. The molecule has 0 radical (unpaired) electrons. The maximum atomic E-state index is 12.8. The van der Waals surface area contributed by atoms with E-state index >= 15 is 0 Å². The van der Waals surface area contributed by atoms with Crippen LogP contribution in [0.5, 0.6) is 5.75 Å². The third kappa shape index (κ3) is 3.64. The molecule has 0 bridgehead atoms. The van der Waals surface area contributed by atoms with Crippen LogP contribution in [0, 0.1) is 0 Å². The minimum Gasteiger partial charge on any atom is -0.405 e. The van der Waals surface area contributed by atoms with Crippen molar-refractivity contribution in [2.45, 2.75) is 12.8 Å². The van der Waals surface area contributed by atoms with Crippen LogP contribution >= 0.6 is 11.6 Å². The Balaban J connectivity index is 2.55. The highest BCUT2D eigenvalue weighted by Crippen LogP contribution is 2.40. The van der Waals surface area contributed by atoms with Gasteiger partial charge >= 0.3 is 6.36 Å². The monoisotopic (exact) mass is 322 g/mol. The van der Waals surface area contributed by atoms with Crippen molar-refractivity contribution < 1.29 is 26.7 Å². The van der Waals surface area contributed by atoms with E-state index in [0.29, 0.717) is 0 Å². The van der Waals surface area contributed by atoms with Crippen LogP contribution in [0.4, 0.5) is 22.0 Å². The van der Waals surface area contributed by atoms with E-state index in [9.17, 15) is 22.0 Å². The summed E-state index contributed by atoms with van der Waals surface area (Å²) in [4.78, 5) is 0. The Hall–Kier alpha value is -1.82. The van der Waals surface area contributed by atoms with Gasteiger partial charge < -0.3 is 4.74 Å². The van der Waals surface area contributed by atoms with E-state index in [2.05, 4.69) is 4.74 Å². The van der Waals surface area contributed by atoms with Crippen LogP contribution < -0.4 is 4.74 Å². The molecule has 0 spiro atoms. The van der Waals surface area contributed by atoms with Crippen LogP contribution in [0.2, 0.25) is 5.02 Å². The summed E-state index contributed by atoms with van der Waals surface area (Å²) in [6, 6.07) is 8.98. The largest absolute Gasteiger partial charge is 0.573 e. The molecule has 21 heavy (non-hydrogen) atoms. The van der Waals surface area contributed by atoms with E-state index in [1.54, 1.807) is 0 Å². The molecule has 1 nitrogen and oxygen atoms in total. The molecule has 0 aromatic heterocycles. The van der Waals surface area contributed by atoms with E-state index in [0.717, 1.165) is 12.1 Å². The first-order valence-electron chi connectivity index (χ1n) is 5.71. The third-order valence-electron chi connectivity index (χ3n) is 2.67. The molecule has 0 unspecified atom stereocenters. The molecular weight excluding hydrogens is 315 g/mol. The Morgan fingerprint density at radius 2 is 1.52 bits per heavy atom. The fraction of sp³-hybridized carbons (Fsp3) is 0.143. The number of benzene rings is 2. The third-order valence-corrected chi connectivity index (χ3v) is 3.09. The van der Waals surface area contributed by atoms with E-state index in [-0.39, 0.29) is 16.1 Å². The van der Waals surface area contributed by atoms with Crippen molar-refractivity contribution in [3.8, 4) is 16.9 Å². The summed E-state index contributed by atoms with van der Waals surface area (Å²) in [6.07, 6.45) is -7.71. The summed E-state index contributed by atoms with van der Waals surface area (Å²) >= 11 is 5.86. The number of halogens is 6. The zero-order valence-corrected chi connectivity index (χ0v) is 11.1. The molecule has 0 heterocycles. The summed E-state index contributed by atoms with van der Waals surface area (Å²) in [6.45, 7) is 0. The number of para-hydroxylation sites is 1. The normalized spacial score (nSPS) is 11.8. The fourth-order valence-corrected chi connectivity index (χ4v) is 2.14. The molecule has 112 valence electrons. The quantitative estimate of drug-likeness (QED) is 0.645. The molecule has 2 aromatic rings. The number of rotatable bonds is 3. The molecule has 0 aliphatic rings. The highest BCUT2D eigenvalue weighted by molar-refractivity contribution is 6.34. The molecule has 2 aromatic carbocycles. The first kappa shape index (κ1) is 15.6. The molecule has 0 amide bonds. The summed E-state index contributed by atoms with van der Waals surface area (Å²) in [5, 5.41) is -0.300. The lowest BCUT2D eigenvalue weighted by Gasteiger charge is -2.15. The Bertz CT molecular complexity index is 640. The minimum atomic E-state index is -4.89. The number of hydrogen-bond acceptors (Lipinski definition) is 1. The molecule has 0 aliphatic heterocycles. The maximum absolute atomic E-state index is 12.8. The van der Waals surface area contributed by atoms with Crippen molar-refractivity contribution in [2.24, 2.45) is 0 Å². The van der Waals surface area contributed by atoms with Gasteiger partial charge in [-0.15, -0.1) is 13.2 Å². The highest BCUT2D eigenvalue weighted by Gasteiger charge is 2.32. The Morgan fingerprint density at radius 3 is 2.14 bits per heavy atom. The molecular formula is C14H8ClF5O. The summed E-state index contributed by atoms with van der Waals surface area (Å²) in [5.74, 6) is -0.502. The van der Waals surface area contributed by atoms with Gasteiger partial charge in [-0.3, -0.25) is 0 Å². The number of hydrogen-bond donors (Lipinski definition) is 0. The van der Waals surface area contributed by atoms with Gasteiger partial charge in [-0.05, 0) is 6.07 Å². The van der Waals surface area contributed by atoms with Crippen LogP contribution in [0.3, 0.4) is 0 Å². The Morgan fingerprint density at radius 1 is 0.905 bits per heavy atom. The SMILES string of the molecule is FC(F)c1cccc(-c2ccccc2OC(F)(F)F)c1Cl. The lowest BCUT2D eigenvalue weighted by Crippen LogP contribution is -2.17. The average molecular weight is 323 g/mol. The van der Waals surface area contributed by atoms with Crippen LogP contribution in [0.1, 0.15) is 12.0 Å². The van der Waals surface area contributed by atoms with Gasteiger partial charge in [-0.25, -0.2) is 8.78 Å². The van der Waals surface area contributed by atoms with Crippen LogP contribution in [0.15, 0.2) is 42.5 Å². The van der Waals surface area contributed by atoms with Gasteiger partial charge in [-0.1, -0.05) is 48.0 Å². The summed E-state index contributed by atoms with van der Waals surface area (Å²) in [5.41, 5.74) is -0.410. The van der Waals surface area contributed by atoms with Gasteiger partial charge in [-0.2, -0.15) is 0 Å². The first-order chi connectivity index (χ1) is 9.79. The van der Waals surface area contributed by atoms with E-state index in [1.807, 2.05) is 0 Å². The molecule has 7 heteroatoms. The van der Waals surface area contributed by atoms with Gasteiger partial charge in [0.15, 0.2) is 0 Å². The van der Waals surface area contributed by atoms with Crippen LogP contribution in [-0.2, 0) is 0 Å². The van der Waals surface area contributed by atoms with Gasteiger partial charge in [0.25, 0.3) is 6.43 Å². The Kier molecular flexibility index (Phi) is 4.37. The molecule has 0 saturated heterocycles. The van der Waals surface area contributed by atoms with Gasteiger partial charge in [0.1, 0.15) is 5.75 Å². The Labute approximate surface area is 121 Å². The van der Waals surface area contributed by atoms with Gasteiger partial charge in [0.05, 0.1) is 5.02 Å². The molecule has 0 N–H and O–H groups in total. The molecule has 0 aliphatic carbocycles. The van der Waals surface area contributed by atoms with Crippen molar-refractivity contribution >= 4 is 11.6 Å². The fourth-order valence-electron chi connectivity index (χ4n) is 1.83. The number of ether oxygens (including phenoxy) is 1. The zero-order valence-electron chi connectivity index (χ0n) is 10.3. The van der Waals surface area contributed by atoms with Crippen LogP contribution in [-0.4, -0.2) is 6.36 Å². The maximum Gasteiger partial charge on any atom is 0.573 e. The number of alkyl halides is 5. The van der Waals surface area contributed by atoms with Crippen molar-refractivity contribution in [3.05, 3.63) is 53.1 Å². The van der Waals surface area contributed by atoms with Crippen molar-refractivity contribution in [1.29, 1.82) is 0 Å². The lowest BCUT2D eigenvalue weighted by molar-refractivity contribution is -0.274. The second kappa shape index (κ2) is 5.89. The highest BCUT2D eigenvalue weighted by atomic mass is 35.5. The van der Waals surface area contributed by atoms with Crippen molar-refractivity contribution in [1.82, 2.24) is 0 Å². The van der Waals surface area contributed by atoms with Crippen LogP contribution in [0.25, 0.3) is 11.1 Å². The van der Waals surface area contributed by atoms with E-state index in [1.165, 1.54) is 30.3 Å². The molecule has 2 rings (SSSR count). The standard InChI is InChI=1S/C14H8ClF5O/c15-12-9(5-3-6-10(12)13(16)17)8-4-1-2-7-11(8)21-14(18,19)20/h1-7,13H. The zero-order chi connectivity index (χ0) is 15.6. The minimum absolute atomic E-state index is 0.0117. The molecule has 0 fully saturated rings. The predicted octanol–water partition coefficient (Wildman–Crippen LogP) is 5.84. The molecule has 0 saturated carbocycles. The topological polar surface area (TPSA) is 9.23 Å². The summed E-state index contributed by atoms with van der Waals surface area (Å²) in [7, 11) is 0. The van der Waals surface area contributed by atoms with Gasteiger partial charge in [0.2, 0.25) is 0 Å². The second-order valence-corrected chi connectivity index (χ2v) is 4.43. The van der Waals surface area contributed by atoms with E-state index in [4.69, 9.17) is 11.6 Å². The van der Waals surface area contributed by atoms with Crippen molar-refractivity contribution in [2.75, 3.05) is 0 Å².